The number of aliphatic hydroxyl groups excluding tert-OH is 1. The largest absolute Gasteiger partial charge is 0.487 e. The molecule has 2 N–H and O–H groups in total. The second-order valence-electron chi connectivity index (χ2n) is 10.00. The van der Waals surface area contributed by atoms with Crippen LogP contribution in [-0.4, -0.2) is 52.2 Å². The third-order valence-electron chi connectivity index (χ3n) is 7.45. The van der Waals surface area contributed by atoms with Crippen LogP contribution in [0.25, 0.3) is 10.9 Å². The van der Waals surface area contributed by atoms with Gasteiger partial charge in [0, 0.05) is 25.2 Å². The van der Waals surface area contributed by atoms with Crippen molar-refractivity contribution in [1.82, 2.24) is 4.57 Å². The van der Waals surface area contributed by atoms with E-state index >= 15 is 4.39 Å². The fraction of sp³-hybridized carbons (Fsp3) is 0.407. The van der Waals surface area contributed by atoms with Crippen LogP contribution in [0.4, 0.5) is 10.1 Å². The van der Waals surface area contributed by atoms with Crippen LogP contribution in [0.2, 0.25) is 0 Å². The first-order chi connectivity index (χ1) is 17.4. The maximum atomic E-state index is 15.6. The number of fused-ring (bicyclic) bond motifs is 5. The van der Waals surface area contributed by atoms with Crippen LogP contribution in [-0.2, 0) is 11.3 Å². The third kappa shape index (κ3) is 3.83. The molecule has 0 spiro atoms. The zero-order chi connectivity index (χ0) is 25.0. The van der Waals surface area contributed by atoms with Crippen molar-refractivity contribution in [2.45, 2.75) is 50.0 Å². The Morgan fingerprint density at radius 3 is 2.72 bits per heavy atom. The van der Waals surface area contributed by atoms with E-state index in [9.17, 15) is 19.8 Å². The number of hydrogen-bond acceptors (Lipinski definition) is 7. The van der Waals surface area contributed by atoms with Crippen molar-refractivity contribution in [2.75, 3.05) is 24.7 Å². The molecule has 0 bridgehead atoms. The number of hydrogen-bond donors (Lipinski definition) is 2. The molecule has 3 aliphatic rings. The number of anilines is 1. The minimum atomic E-state index is -1.22. The van der Waals surface area contributed by atoms with Crippen molar-refractivity contribution in [2.24, 2.45) is 0 Å². The summed E-state index contributed by atoms with van der Waals surface area (Å²) in [5, 5.41) is 20.2. The number of ether oxygens (including phenoxy) is 2. The molecule has 3 aromatic rings. The Morgan fingerprint density at radius 1 is 1.22 bits per heavy atom. The Morgan fingerprint density at radius 2 is 2.00 bits per heavy atom. The van der Waals surface area contributed by atoms with E-state index in [4.69, 9.17) is 9.47 Å². The van der Waals surface area contributed by atoms with Gasteiger partial charge in [0.05, 0.1) is 29.2 Å². The summed E-state index contributed by atoms with van der Waals surface area (Å²) in [4.78, 5) is 28.2. The van der Waals surface area contributed by atoms with Crippen molar-refractivity contribution in [3.63, 3.8) is 0 Å². The highest BCUT2D eigenvalue weighted by Crippen LogP contribution is 2.47. The number of esters is 1. The average Bonchev–Trinajstić information content (AvgIpc) is 3.73. The van der Waals surface area contributed by atoms with Gasteiger partial charge in [0.25, 0.3) is 0 Å². The van der Waals surface area contributed by atoms with Gasteiger partial charge in [0.15, 0.2) is 11.6 Å². The van der Waals surface area contributed by atoms with E-state index in [-0.39, 0.29) is 60.7 Å². The minimum absolute atomic E-state index is 0.0266. The molecule has 2 atom stereocenters. The number of halogens is 1. The summed E-state index contributed by atoms with van der Waals surface area (Å²) in [5.74, 6) is -1.09. The van der Waals surface area contributed by atoms with Gasteiger partial charge in [-0.2, -0.15) is 0 Å². The summed E-state index contributed by atoms with van der Waals surface area (Å²) in [7, 11) is 0. The molecule has 3 heterocycles. The number of aliphatic hydroxyl groups is 2. The van der Waals surface area contributed by atoms with E-state index in [0.717, 1.165) is 18.4 Å². The maximum Gasteiger partial charge on any atom is 0.343 e. The van der Waals surface area contributed by atoms with Gasteiger partial charge in [-0.05, 0) is 30.9 Å². The summed E-state index contributed by atoms with van der Waals surface area (Å²) < 4.78 is 28.9. The second-order valence-corrected chi connectivity index (χ2v) is 10.00. The van der Waals surface area contributed by atoms with Gasteiger partial charge in [-0.1, -0.05) is 30.3 Å². The molecule has 1 aliphatic carbocycles. The van der Waals surface area contributed by atoms with E-state index in [0.29, 0.717) is 18.5 Å². The molecule has 6 rings (SSSR count). The minimum Gasteiger partial charge on any atom is -0.487 e. The van der Waals surface area contributed by atoms with E-state index in [1.807, 2.05) is 39.8 Å². The van der Waals surface area contributed by atoms with Crippen molar-refractivity contribution >= 4 is 22.6 Å². The zero-order valence-corrected chi connectivity index (χ0v) is 19.7. The molecular weight excluding hydrogens is 467 g/mol. The summed E-state index contributed by atoms with van der Waals surface area (Å²) in [5.41, 5.74) is -0.427. The third-order valence-corrected chi connectivity index (χ3v) is 7.45. The lowest BCUT2D eigenvalue weighted by Crippen LogP contribution is -2.56. The fourth-order valence-electron chi connectivity index (χ4n) is 5.36. The van der Waals surface area contributed by atoms with Crippen LogP contribution in [0.5, 0.6) is 5.75 Å². The number of piperidine rings is 1. The molecule has 2 aromatic carbocycles. The van der Waals surface area contributed by atoms with Gasteiger partial charge in [-0.3, -0.25) is 4.79 Å². The SMILES string of the molecule is O=C(OCc1ccccc1)c1cn(C2CC2)c2c3c(c(F)cc2c1=O)N1CC[C@](O)(CO)C[C@H]1CO3. The van der Waals surface area contributed by atoms with Gasteiger partial charge in [0.2, 0.25) is 5.43 Å². The Kier molecular flexibility index (Phi) is 5.49. The summed E-state index contributed by atoms with van der Waals surface area (Å²) >= 11 is 0. The average molecular weight is 495 g/mol. The van der Waals surface area contributed by atoms with Crippen molar-refractivity contribution in [3.8, 4) is 5.75 Å². The molecule has 0 radical (unpaired) electrons. The van der Waals surface area contributed by atoms with Crippen molar-refractivity contribution in [1.29, 1.82) is 0 Å². The normalized spacial score (nSPS) is 23.1. The summed E-state index contributed by atoms with van der Waals surface area (Å²) in [6.07, 6.45) is 3.81. The first-order valence-corrected chi connectivity index (χ1v) is 12.2. The van der Waals surface area contributed by atoms with Crippen LogP contribution in [0, 0.1) is 5.82 Å². The molecule has 9 heteroatoms. The van der Waals surface area contributed by atoms with Crippen LogP contribution >= 0.6 is 0 Å². The van der Waals surface area contributed by atoms with Gasteiger partial charge < -0.3 is 29.2 Å². The Balaban J connectivity index is 1.42. The monoisotopic (exact) mass is 494 g/mol. The smallest absolute Gasteiger partial charge is 0.343 e. The lowest BCUT2D eigenvalue weighted by molar-refractivity contribution is -0.0470. The number of carbonyl (C=O) groups is 1. The number of carbonyl (C=O) groups excluding carboxylic acids is 1. The number of rotatable bonds is 5. The Labute approximate surface area is 206 Å². The van der Waals surface area contributed by atoms with Crippen LogP contribution in [0.3, 0.4) is 0 Å². The molecule has 2 fully saturated rings. The van der Waals surface area contributed by atoms with E-state index in [1.165, 1.54) is 12.3 Å². The van der Waals surface area contributed by atoms with Gasteiger partial charge in [-0.25, -0.2) is 9.18 Å². The van der Waals surface area contributed by atoms with Crippen LogP contribution in [0.1, 0.15) is 47.6 Å². The molecule has 0 amide bonds. The molecule has 2 aliphatic heterocycles. The second kappa shape index (κ2) is 8.60. The van der Waals surface area contributed by atoms with Crippen molar-refractivity contribution < 1.29 is 28.9 Å². The summed E-state index contributed by atoms with van der Waals surface area (Å²) in [6, 6.07) is 10.1. The molecule has 1 aromatic heterocycles. The lowest BCUT2D eigenvalue weighted by Gasteiger charge is -2.47. The standard InChI is InChI=1S/C27H27FN2O6/c28-21-10-19-22(25-23(21)29-9-8-27(34,15-31)11-18(29)14-35-25)30(17-6-7-17)12-20(24(19)32)26(33)36-13-16-4-2-1-3-5-16/h1-5,10,12,17-18,31,34H,6-9,11,13-15H2/t18-,27+/m0/s1. The number of aromatic nitrogens is 1. The van der Waals surface area contributed by atoms with Crippen LogP contribution in [0.15, 0.2) is 47.4 Å². The molecule has 188 valence electrons. The van der Waals surface area contributed by atoms with Gasteiger partial charge >= 0.3 is 5.97 Å². The molecule has 1 saturated carbocycles. The number of pyridine rings is 1. The zero-order valence-electron chi connectivity index (χ0n) is 19.7. The highest BCUT2D eigenvalue weighted by molar-refractivity contribution is 5.98. The van der Waals surface area contributed by atoms with E-state index < -0.39 is 22.8 Å². The topological polar surface area (TPSA) is 101 Å². The number of nitrogens with zero attached hydrogens (tertiary/aromatic N) is 2. The molecule has 8 nitrogen and oxygen atoms in total. The molecule has 36 heavy (non-hydrogen) atoms. The maximum absolute atomic E-state index is 15.6. The molecule has 0 unspecified atom stereocenters. The quantitative estimate of drug-likeness (QED) is 0.526. The lowest BCUT2D eigenvalue weighted by atomic mass is 9.86. The van der Waals surface area contributed by atoms with Gasteiger partial charge in [0.1, 0.15) is 24.5 Å². The van der Waals surface area contributed by atoms with Gasteiger partial charge in [-0.15, -0.1) is 0 Å². The Bertz CT molecular complexity index is 1400. The molecule has 1 saturated heterocycles. The highest BCUT2D eigenvalue weighted by atomic mass is 19.1. The van der Waals surface area contributed by atoms with E-state index in [2.05, 4.69) is 0 Å². The first kappa shape index (κ1) is 23.0. The number of benzene rings is 2. The van der Waals surface area contributed by atoms with Crippen LogP contribution < -0.4 is 15.1 Å². The van der Waals surface area contributed by atoms with Crippen molar-refractivity contribution in [3.05, 3.63) is 69.8 Å². The fourth-order valence-corrected chi connectivity index (χ4v) is 5.36. The molecular formula is C27H27FN2O6. The van der Waals surface area contributed by atoms with E-state index in [1.54, 1.807) is 0 Å². The Hall–Kier alpha value is -3.43. The predicted octanol–water partition coefficient (Wildman–Crippen LogP) is 2.92. The highest BCUT2D eigenvalue weighted by Gasteiger charge is 2.43. The predicted molar refractivity (Wildman–Crippen MR) is 130 cm³/mol. The summed E-state index contributed by atoms with van der Waals surface area (Å²) in [6.45, 7) is 0.194. The first-order valence-electron chi connectivity index (χ1n) is 12.2.